The third-order valence-corrected chi connectivity index (χ3v) is 4.32. The zero-order chi connectivity index (χ0) is 15.6. The molecule has 2 aromatic rings. The van der Waals surface area contributed by atoms with Crippen LogP contribution < -0.4 is 4.74 Å². The van der Waals surface area contributed by atoms with Crippen molar-refractivity contribution in [1.29, 1.82) is 0 Å². The van der Waals surface area contributed by atoms with Gasteiger partial charge in [0.1, 0.15) is 11.6 Å². The zero-order valence-corrected chi connectivity index (χ0v) is 12.8. The highest BCUT2D eigenvalue weighted by molar-refractivity contribution is 7.12. The van der Waals surface area contributed by atoms with Crippen molar-refractivity contribution in [3.05, 3.63) is 33.9 Å². The fraction of sp³-hybridized carbons (Fsp3) is 0.333. The average Bonchev–Trinajstić information content (AvgIpc) is 2.79. The van der Waals surface area contributed by atoms with E-state index in [1.165, 1.54) is 24.5 Å². The molecule has 0 bridgehead atoms. The summed E-state index contributed by atoms with van der Waals surface area (Å²) in [6.07, 6.45) is -0.00753. The van der Waals surface area contributed by atoms with Crippen LogP contribution in [0.3, 0.4) is 0 Å². The first-order valence-electron chi connectivity index (χ1n) is 6.45. The fourth-order valence-corrected chi connectivity index (χ4v) is 3.13. The van der Waals surface area contributed by atoms with Crippen LogP contribution in [-0.2, 0) is 4.79 Å². The maximum absolute atomic E-state index is 14.2. The van der Waals surface area contributed by atoms with Gasteiger partial charge in [0, 0.05) is 22.4 Å². The Balaban J connectivity index is 2.47. The standard InChI is InChI=1S/C15H16FNO3S/c1-8(6-13(18)19)15-14(17-9(2)21-15)11-5-4-10(20-3)7-12(11)16/h4-5,7-8H,6H2,1-3H3,(H,18,19). The minimum Gasteiger partial charge on any atom is -0.497 e. The summed E-state index contributed by atoms with van der Waals surface area (Å²) in [5.74, 6) is -1.09. The monoisotopic (exact) mass is 309 g/mol. The summed E-state index contributed by atoms with van der Waals surface area (Å²) < 4.78 is 19.2. The van der Waals surface area contributed by atoms with Crippen molar-refractivity contribution in [1.82, 2.24) is 4.98 Å². The fourth-order valence-electron chi connectivity index (χ4n) is 2.14. The van der Waals surface area contributed by atoms with E-state index in [0.29, 0.717) is 17.0 Å². The number of carboxylic acids is 1. The number of carbonyl (C=O) groups is 1. The number of rotatable bonds is 5. The Morgan fingerprint density at radius 3 is 2.81 bits per heavy atom. The van der Waals surface area contributed by atoms with E-state index in [1.54, 1.807) is 12.1 Å². The van der Waals surface area contributed by atoms with Crippen molar-refractivity contribution < 1.29 is 19.0 Å². The van der Waals surface area contributed by atoms with Crippen molar-refractivity contribution in [3.63, 3.8) is 0 Å². The van der Waals surface area contributed by atoms with E-state index in [9.17, 15) is 9.18 Å². The number of carboxylic acid groups (broad SMARTS) is 1. The number of aliphatic carboxylic acids is 1. The van der Waals surface area contributed by atoms with Gasteiger partial charge in [-0.1, -0.05) is 6.92 Å². The molecule has 1 heterocycles. The summed E-state index contributed by atoms with van der Waals surface area (Å²) in [4.78, 5) is 16.0. The number of thiazole rings is 1. The molecule has 0 aliphatic rings. The molecule has 0 aliphatic carbocycles. The number of benzene rings is 1. The molecule has 0 saturated carbocycles. The van der Waals surface area contributed by atoms with E-state index in [0.717, 1.165) is 9.88 Å². The Labute approximate surface area is 126 Å². The van der Waals surface area contributed by atoms with Gasteiger partial charge in [-0.15, -0.1) is 11.3 Å². The van der Waals surface area contributed by atoms with Crippen LogP contribution in [0.2, 0.25) is 0 Å². The molecule has 0 aliphatic heterocycles. The van der Waals surface area contributed by atoms with E-state index < -0.39 is 11.8 Å². The molecule has 6 heteroatoms. The molecule has 0 saturated heterocycles. The van der Waals surface area contributed by atoms with Gasteiger partial charge in [0.25, 0.3) is 0 Å². The summed E-state index contributed by atoms with van der Waals surface area (Å²) in [6, 6.07) is 4.58. The Morgan fingerprint density at radius 2 is 2.24 bits per heavy atom. The average molecular weight is 309 g/mol. The Bertz CT molecular complexity index is 669. The number of halogens is 1. The maximum Gasteiger partial charge on any atom is 0.303 e. The molecule has 0 fully saturated rings. The van der Waals surface area contributed by atoms with Crippen LogP contribution in [0, 0.1) is 12.7 Å². The van der Waals surface area contributed by atoms with Gasteiger partial charge in [0.05, 0.1) is 24.2 Å². The second-order valence-corrected chi connectivity index (χ2v) is 6.03. The number of hydrogen-bond donors (Lipinski definition) is 1. The largest absolute Gasteiger partial charge is 0.497 e. The van der Waals surface area contributed by atoms with Crippen LogP contribution in [-0.4, -0.2) is 23.2 Å². The SMILES string of the molecule is COc1ccc(-c2nc(C)sc2C(C)CC(=O)O)c(F)c1. The van der Waals surface area contributed by atoms with Crippen LogP contribution in [0.1, 0.15) is 29.1 Å². The number of methoxy groups -OCH3 is 1. The third kappa shape index (κ3) is 3.39. The van der Waals surface area contributed by atoms with Crippen LogP contribution in [0.5, 0.6) is 5.75 Å². The van der Waals surface area contributed by atoms with Crippen LogP contribution in [0.4, 0.5) is 4.39 Å². The van der Waals surface area contributed by atoms with Gasteiger partial charge in [-0.05, 0) is 19.1 Å². The van der Waals surface area contributed by atoms with Crippen molar-refractivity contribution in [2.45, 2.75) is 26.2 Å². The first-order chi connectivity index (χ1) is 9.92. The molecule has 1 unspecified atom stereocenters. The summed E-state index contributed by atoms with van der Waals surface area (Å²) in [5, 5.41) is 9.71. The lowest BCUT2D eigenvalue weighted by atomic mass is 10.0. The first-order valence-corrected chi connectivity index (χ1v) is 7.27. The normalized spacial score (nSPS) is 12.2. The molecule has 1 aromatic heterocycles. The summed E-state index contributed by atoms with van der Waals surface area (Å²) >= 11 is 1.41. The zero-order valence-electron chi connectivity index (χ0n) is 12.0. The van der Waals surface area contributed by atoms with Gasteiger partial charge < -0.3 is 9.84 Å². The van der Waals surface area contributed by atoms with Crippen LogP contribution in [0.15, 0.2) is 18.2 Å². The van der Waals surface area contributed by atoms with Gasteiger partial charge in [-0.25, -0.2) is 9.37 Å². The predicted octanol–water partition coefficient (Wildman–Crippen LogP) is 3.84. The molecule has 112 valence electrons. The molecule has 1 N–H and O–H groups in total. The molecule has 2 rings (SSSR count). The van der Waals surface area contributed by atoms with E-state index >= 15 is 0 Å². The third-order valence-electron chi connectivity index (χ3n) is 3.12. The smallest absolute Gasteiger partial charge is 0.303 e. The Kier molecular flexibility index (Phi) is 4.57. The molecule has 1 aromatic carbocycles. The van der Waals surface area contributed by atoms with Crippen molar-refractivity contribution >= 4 is 17.3 Å². The summed E-state index contributed by atoms with van der Waals surface area (Å²) in [7, 11) is 1.47. The lowest BCUT2D eigenvalue weighted by Gasteiger charge is -2.10. The summed E-state index contributed by atoms with van der Waals surface area (Å²) in [6.45, 7) is 3.64. The quantitative estimate of drug-likeness (QED) is 0.911. The van der Waals surface area contributed by atoms with Gasteiger partial charge in [0.15, 0.2) is 0 Å². The predicted molar refractivity (Wildman–Crippen MR) is 79.5 cm³/mol. The van der Waals surface area contributed by atoms with E-state index in [-0.39, 0.29) is 12.3 Å². The van der Waals surface area contributed by atoms with Crippen molar-refractivity contribution in [2.75, 3.05) is 7.11 Å². The number of aryl methyl sites for hydroxylation is 1. The Morgan fingerprint density at radius 1 is 1.52 bits per heavy atom. The van der Waals surface area contributed by atoms with E-state index in [1.807, 2.05) is 13.8 Å². The second kappa shape index (κ2) is 6.22. The van der Waals surface area contributed by atoms with E-state index in [2.05, 4.69) is 4.98 Å². The molecule has 4 nitrogen and oxygen atoms in total. The molecule has 0 amide bonds. The molecule has 1 atom stereocenters. The first kappa shape index (κ1) is 15.4. The maximum atomic E-state index is 14.2. The number of nitrogens with zero attached hydrogens (tertiary/aromatic N) is 1. The summed E-state index contributed by atoms with van der Waals surface area (Å²) in [5.41, 5.74) is 0.888. The molecular weight excluding hydrogens is 293 g/mol. The molecule has 21 heavy (non-hydrogen) atoms. The highest BCUT2D eigenvalue weighted by Gasteiger charge is 2.21. The highest BCUT2D eigenvalue weighted by atomic mass is 32.1. The van der Waals surface area contributed by atoms with Crippen molar-refractivity contribution in [2.24, 2.45) is 0 Å². The molecular formula is C15H16FNO3S. The van der Waals surface area contributed by atoms with Gasteiger partial charge >= 0.3 is 5.97 Å². The van der Waals surface area contributed by atoms with Gasteiger partial charge in [-0.3, -0.25) is 4.79 Å². The lowest BCUT2D eigenvalue weighted by Crippen LogP contribution is -2.03. The van der Waals surface area contributed by atoms with Gasteiger partial charge in [-0.2, -0.15) is 0 Å². The topological polar surface area (TPSA) is 59.4 Å². The van der Waals surface area contributed by atoms with Crippen molar-refractivity contribution in [3.8, 4) is 17.0 Å². The number of ether oxygens (including phenoxy) is 1. The number of hydrogen-bond acceptors (Lipinski definition) is 4. The van der Waals surface area contributed by atoms with E-state index in [4.69, 9.17) is 9.84 Å². The Hall–Kier alpha value is -1.95. The number of aromatic nitrogens is 1. The molecule has 0 radical (unpaired) electrons. The lowest BCUT2D eigenvalue weighted by molar-refractivity contribution is -0.137. The second-order valence-electron chi connectivity index (χ2n) is 4.79. The minimum atomic E-state index is -0.880. The van der Waals surface area contributed by atoms with Crippen LogP contribution >= 0.6 is 11.3 Å². The minimum absolute atomic E-state index is 0.00753. The van der Waals surface area contributed by atoms with Crippen LogP contribution in [0.25, 0.3) is 11.3 Å². The highest BCUT2D eigenvalue weighted by Crippen LogP contribution is 2.37. The van der Waals surface area contributed by atoms with Gasteiger partial charge in [0.2, 0.25) is 0 Å². The molecule has 0 spiro atoms.